The standard InChI is InChI=1S/C22H26N2O2S/c25-21(24-14-15-27-20-9-5-4-8-19(20)24)16-23-12-10-18(11-13-23)22(26)17-6-2-1-3-7-17/h1-9,18,22,26H,10-16H2. The number of hydrogen-bond donors (Lipinski definition) is 1. The third-order valence-corrected chi connectivity index (χ3v) is 6.65. The number of aliphatic hydroxyl groups is 1. The van der Waals surface area contributed by atoms with Crippen LogP contribution in [0.15, 0.2) is 59.5 Å². The summed E-state index contributed by atoms with van der Waals surface area (Å²) in [6.07, 6.45) is 1.45. The van der Waals surface area contributed by atoms with Crippen LogP contribution < -0.4 is 4.90 Å². The Morgan fingerprint density at radius 3 is 2.52 bits per heavy atom. The predicted molar refractivity (Wildman–Crippen MR) is 110 cm³/mol. The van der Waals surface area contributed by atoms with Crippen molar-refractivity contribution in [1.82, 2.24) is 4.90 Å². The molecule has 4 rings (SSSR count). The molecule has 2 aliphatic heterocycles. The molecule has 1 fully saturated rings. The highest BCUT2D eigenvalue weighted by Crippen LogP contribution is 2.35. The quantitative estimate of drug-likeness (QED) is 0.878. The second-order valence-corrected chi connectivity index (χ2v) is 8.47. The molecule has 0 aliphatic carbocycles. The number of fused-ring (bicyclic) bond motifs is 1. The van der Waals surface area contributed by atoms with E-state index in [2.05, 4.69) is 11.0 Å². The Bertz CT molecular complexity index is 775. The average molecular weight is 383 g/mol. The molecule has 0 saturated carbocycles. The third-order valence-electron chi connectivity index (χ3n) is 5.61. The number of rotatable bonds is 4. The van der Waals surface area contributed by atoms with Crippen molar-refractivity contribution in [2.45, 2.75) is 23.8 Å². The Morgan fingerprint density at radius 1 is 1.04 bits per heavy atom. The van der Waals surface area contributed by atoms with Crippen LogP contribution in [0, 0.1) is 5.92 Å². The molecular weight excluding hydrogens is 356 g/mol. The zero-order chi connectivity index (χ0) is 18.6. The first kappa shape index (κ1) is 18.5. The van der Waals surface area contributed by atoms with Crippen molar-refractivity contribution in [3.8, 4) is 0 Å². The molecule has 2 heterocycles. The lowest BCUT2D eigenvalue weighted by Crippen LogP contribution is -2.45. The molecule has 2 aromatic rings. The van der Waals surface area contributed by atoms with Crippen molar-refractivity contribution in [1.29, 1.82) is 0 Å². The van der Waals surface area contributed by atoms with Crippen molar-refractivity contribution < 1.29 is 9.90 Å². The number of carbonyl (C=O) groups excluding carboxylic acids is 1. The van der Waals surface area contributed by atoms with Gasteiger partial charge in [-0.2, -0.15) is 0 Å². The number of piperidine rings is 1. The van der Waals surface area contributed by atoms with Gasteiger partial charge in [-0.05, 0) is 49.5 Å². The maximum atomic E-state index is 12.9. The van der Waals surface area contributed by atoms with Gasteiger partial charge in [0, 0.05) is 17.2 Å². The molecule has 1 atom stereocenters. The largest absolute Gasteiger partial charge is 0.388 e. The average Bonchev–Trinajstić information content (AvgIpc) is 2.74. The molecule has 4 nitrogen and oxygen atoms in total. The molecule has 2 aromatic carbocycles. The van der Waals surface area contributed by atoms with Crippen molar-refractivity contribution in [2.24, 2.45) is 5.92 Å². The number of anilines is 1. The molecule has 2 aliphatic rings. The van der Waals surface area contributed by atoms with E-state index >= 15 is 0 Å². The van der Waals surface area contributed by atoms with Crippen LogP contribution in [0.5, 0.6) is 0 Å². The molecule has 1 N–H and O–H groups in total. The number of amides is 1. The van der Waals surface area contributed by atoms with Gasteiger partial charge in [0.05, 0.1) is 18.3 Å². The van der Waals surface area contributed by atoms with Gasteiger partial charge in [0.2, 0.25) is 5.91 Å². The lowest BCUT2D eigenvalue weighted by atomic mass is 9.87. The SMILES string of the molecule is O=C(CN1CCC(C(O)c2ccccc2)CC1)N1CCSc2ccccc21. The topological polar surface area (TPSA) is 43.8 Å². The van der Waals surface area contributed by atoms with Gasteiger partial charge in [0.1, 0.15) is 0 Å². The minimum atomic E-state index is -0.407. The first-order chi connectivity index (χ1) is 13.2. The molecule has 0 aromatic heterocycles. The van der Waals surface area contributed by atoms with E-state index in [1.54, 1.807) is 0 Å². The predicted octanol–water partition coefficient (Wildman–Crippen LogP) is 3.57. The van der Waals surface area contributed by atoms with Crippen LogP contribution in [-0.4, -0.2) is 47.8 Å². The highest BCUT2D eigenvalue weighted by molar-refractivity contribution is 7.99. The number of likely N-dealkylation sites (tertiary alicyclic amines) is 1. The maximum absolute atomic E-state index is 12.9. The number of thioether (sulfide) groups is 1. The summed E-state index contributed by atoms with van der Waals surface area (Å²) in [6.45, 7) is 2.98. The summed E-state index contributed by atoms with van der Waals surface area (Å²) >= 11 is 1.82. The second-order valence-electron chi connectivity index (χ2n) is 7.33. The van der Waals surface area contributed by atoms with Gasteiger partial charge in [-0.15, -0.1) is 11.8 Å². The van der Waals surface area contributed by atoms with E-state index in [-0.39, 0.29) is 11.8 Å². The number of nitrogens with zero attached hydrogens (tertiary/aromatic N) is 2. The van der Waals surface area contributed by atoms with Crippen LogP contribution in [0.2, 0.25) is 0 Å². The zero-order valence-corrected chi connectivity index (χ0v) is 16.3. The van der Waals surface area contributed by atoms with Crippen LogP contribution in [0.1, 0.15) is 24.5 Å². The van der Waals surface area contributed by atoms with Crippen molar-refractivity contribution in [3.63, 3.8) is 0 Å². The monoisotopic (exact) mass is 382 g/mol. The second kappa shape index (κ2) is 8.46. The van der Waals surface area contributed by atoms with Crippen LogP contribution in [0.3, 0.4) is 0 Å². The van der Waals surface area contributed by atoms with Gasteiger partial charge in [-0.3, -0.25) is 9.69 Å². The number of benzene rings is 2. The van der Waals surface area contributed by atoms with Gasteiger partial charge in [0.15, 0.2) is 0 Å². The van der Waals surface area contributed by atoms with Crippen LogP contribution >= 0.6 is 11.8 Å². The highest BCUT2D eigenvalue weighted by atomic mass is 32.2. The fourth-order valence-electron chi connectivity index (χ4n) is 4.05. The molecule has 0 spiro atoms. The first-order valence-corrected chi connectivity index (χ1v) is 10.7. The summed E-state index contributed by atoms with van der Waals surface area (Å²) < 4.78 is 0. The smallest absolute Gasteiger partial charge is 0.241 e. The number of hydrogen-bond acceptors (Lipinski definition) is 4. The molecule has 1 amide bonds. The number of aliphatic hydroxyl groups excluding tert-OH is 1. The Morgan fingerprint density at radius 2 is 1.74 bits per heavy atom. The third kappa shape index (κ3) is 4.21. The first-order valence-electron chi connectivity index (χ1n) is 9.70. The molecule has 27 heavy (non-hydrogen) atoms. The fourth-order valence-corrected chi connectivity index (χ4v) is 5.05. The van der Waals surface area contributed by atoms with E-state index < -0.39 is 6.10 Å². The van der Waals surface area contributed by atoms with E-state index in [4.69, 9.17) is 0 Å². The molecular formula is C22H26N2O2S. The summed E-state index contributed by atoms with van der Waals surface area (Å²) in [7, 11) is 0. The summed E-state index contributed by atoms with van der Waals surface area (Å²) in [5.41, 5.74) is 2.04. The minimum Gasteiger partial charge on any atom is -0.388 e. The minimum absolute atomic E-state index is 0.185. The Balaban J connectivity index is 1.33. The Hall–Kier alpha value is -1.82. The van der Waals surface area contributed by atoms with E-state index in [0.717, 1.165) is 49.5 Å². The van der Waals surface area contributed by atoms with Gasteiger partial charge in [-0.25, -0.2) is 0 Å². The summed E-state index contributed by atoms with van der Waals surface area (Å²) in [4.78, 5) is 18.3. The summed E-state index contributed by atoms with van der Waals surface area (Å²) in [5, 5.41) is 10.6. The fraction of sp³-hybridized carbons (Fsp3) is 0.409. The van der Waals surface area contributed by atoms with E-state index in [0.29, 0.717) is 6.54 Å². The molecule has 1 saturated heterocycles. The Kier molecular flexibility index (Phi) is 5.81. The molecule has 5 heteroatoms. The van der Waals surface area contributed by atoms with Crippen LogP contribution in [-0.2, 0) is 4.79 Å². The van der Waals surface area contributed by atoms with E-state index in [1.807, 2.05) is 65.2 Å². The van der Waals surface area contributed by atoms with Crippen LogP contribution in [0.25, 0.3) is 0 Å². The molecule has 142 valence electrons. The lowest BCUT2D eigenvalue weighted by molar-refractivity contribution is -0.120. The lowest BCUT2D eigenvalue weighted by Gasteiger charge is -2.36. The maximum Gasteiger partial charge on any atom is 0.241 e. The molecule has 0 bridgehead atoms. The Labute approximate surface area is 165 Å². The van der Waals surface area contributed by atoms with Crippen LogP contribution in [0.4, 0.5) is 5.69 Å². The van der Waals surface area contributed by atoms with Gasteiger partial charge in [-0.1, -0.05) is 42.5 Å². The number of para-hydroxylation sites is 1. The molecule has 0 radical (unpaired) electrons. The van der Waals surface area contributed by atoms with Crippen molar-refractivity contribution in [2.75, 3.05) is 36.8 Å². The molecule has 1 unspecified atom stereocenters. The highest BCUT2D eigenvalue weighted by Gasteiger charge is 2.29. The number of carbonyl (C=O) groups is 1. The summed E-state index contributed by atoms with van der Waals surface area (Å²) in [5.74, 6) is 1.41. The van der Waals surface area contributed by atoms with E-state index in [1.165, 1.54) is 4.90 Å². The van der Waals surface area contributed by atoms with Gasteiger partial charge in [0.25, 0.3) is 0 Å². The van der Waals surface area contributed by atoms with Gasteiger partial charge < -0.3 is 10.0 Å². The normalized spacial score (nSPS) is 19.5. The van der Waals surface area contributed by atoms with Crippen molar-refractivity contribution >= 4 is 23.4 Å². The van der Waals surface area contributed by atoms with Crippen molar-refractivity contribution in [3.05, 3.63) is 60.2 Å². The van der Waals surface area contributed by atoms with E-state index in [9.17, 15) is 9.90 Å². The summed E-state index contributed by atoms with van der Waals surface area (Å²) in [6, 6.07) is 18.1. The zero-order valence-electron chi connectivity index (χ0n) is 15.5. The van der Waals surface area contributed by atoms with Gasteiger partial charge >= 0.3 is 0 Å².